The summed E-state index contributed by atoms with van der Waals surface area (Å²) in [5.41, 5.74) is 9.97. The first kappa shape index (κ1) is 15.0. The molecule has 0 unspecified atom stereocenters. The molecule has 2 nitrogen and oxygen atoms in total. The van der Waals surface area contributed by atoms with Gasteiger partial charge < -0.3 is 11.1 Å². The molecule has 1 rings (SSSR count). The Kier molecular flexibility index (Phi) is 5.21. The maximum atomic E-state index is 6.00. The first-order valence-corrected chi connectivity index (χ1v) is 6.93. The van der Waals surface area contributed by atoms with Crippen LogP contribution in [0.1, 0.15) is 57.6 Å². The fourth-order valence-electron chi connectivity index (χ4n) is 2.17. The Morgan fingerprint density at radius 3 is 2.50 bits per heavy atom. The van der Waals surface area contributed by atoms with E-state index in [-0.39, 0.29) is 5.54 Å². The molecule has 0 bridgehead atoms. The van der Waals surface area contributed by atoms with Crippen molar-refractivity contribution in [2.45, 2.75) is 58.9 Å². The molecule has 0 aliphatic rings. The number of hydrogen-bond donors (Lipinski definition) is 2. The van der Waals surface area contributed by atoms with E-state index in [1.54, 1.807) is 0 Å². The number of benzene rings is 1. The van der Waals surface area contributed by atoms with Crippen molar-refractivity contribution in [2.75, 3.05) is 11.9 Å². The second-order valence-electron chi connectivity index (χ2n) is 6.21. The summed E-state index contributed by atoms with van der Waals surface area (Å²) in [5, 5.41) is 3.58. The monoisotopic (exact) mass is 248 g/mol. The molecule has 0 saturated heterocycles. The fraction of sp³-hybridized carbons (Fsp3) is 0.625. The summed E-state index contributed by atoms with van der Waals surface area (Å²) in [5.74, 6) is 0.554. The molecular weight excluding hydrogens is 220 g/mol. The van der Waals surface area contributed by atoms with Crippen LogP contribution in [0.2, 0.25) is 0 Å². The van der Waals surface area contributed by atoms with Gasteiger partial charge in [-0.05, 0) is 50.7 Å². The largest absolute Gasteiger partial charge is 0.385 e. The van der Waals surface area contributed by atoms with Gasteiger partial charge in [-0.1, -0.05) is 32.0 Å². The molecule has 0 aliphatic carbocycles. The lowest BCUT2D eigenvalue weighted by atomic mass is 9.97. The standard InChI is InChI=1S/C16H28N2/c1-12(2)14-9-6-8-13(3)15(14)18-11-7-10-16(4,5)17/h6,8-9,12,18H,7,10-11,17H2,1-5H3. The number of nitrogens with one attached hydrogen (secondary N) is 1. The molecule has 0 spiro atoms. The maximum absolute atomic E-state index is 6.00. The second-order valence-corrected chi connectivity index (χ2v) is 6.21. The van der Waals surface area contributed by atoms with Gasteiger partial charge in [-0.15, -0.1) is 0 Å². The van der Waals surface area contributed by atoms with Crippen LogP contribution < -0.4 is 11.1 Å². The van der Waals surface area contributed by atoms with Crippen molar-refractivity contribution in [1.82, 2.24) is 0 Å². The minimum atomic E-state index is -0.0612. The van der Waals surface area contributed by atoms with E-state index in [1.165, 1.54) is 16.8 Å². The number of anilines is 1. The number of aryl methyl sites for hydroxylation is 1. The molecule has 0 radical (unpaired) electrons. The zero-order valence-electron chi connectivity index (χ0n) is 12.5. The van der Waals surface area contributed by atoms with E-state index in [0.717, 1.165) is 19.4 Å². The third-order valence-electron chi connectivity index (χ3n) is 3.23. The van der Waals surface area contributed by atoms with Crippen molar-refractivity contribution in [3.8, 4) is 0 Å². The van der Waals surface area contributed by atoms with Crippen LogP contribution in [0, 0.1) is 6.92 Å². The molecule has 102 valence electrons. The molecule has 1 aromatic carbocycles. The smallest absolute Gasteiger partial charge is 0.0405 e. The molecule has 18 heavy (non-hydrogen) atoms. The number of para-hydroxylation sites is 1. The van der Waals surface area contributed by atoms with E-state index >= 15 is 0 Å². The molecular formula is C16H28N2. The normalized spacial score (nSPS) is 11.9. The van der Waals surface area contributed by atoms with E-state index in [4.69, 9.17) is 5.73 Å². The Hall–Kier alpha value is -1.02. The van der Waals surface area contributed by atoms with Gasteiger partial charge >= 0.3 is 0 Å². The predicted molar refractivity (Wildman–Crippen MR) is 81.3 cm³/mol. The van der Waals surface area contributed by atoms with Gasteiger partial charge in [0.2, 0.25) is 0 Å². The lowest BCUT2D eigenvalue weighted by Crippen LogP contribution is -2.32. The Balaban J connectivity index is 2.61. The van der Waals surface area contributed by atoms with Crippen LogP contribution in [0.5, 0.6) is 0 Å². The summed E-state index contributed by atoms with van der Waals surface area (Å²) in [6.07, 6.45) is 2.15. The Bertz CT molecular complexity index is 375. The summed E-state index contributed by atoms with van der Waals surface area (Å²) in [6.45, 7) is 11.8. The summed E-state index contributed by atoms with van der Waals surface area (Å²) in [4.78, 5) is 0. The molecule has 0 heterocycles. The number of nitrogens with two attached hydrogens (primary N) is 1. The van der Waals surface area contributed by atoms with Crippen molar-refractivity contribution in [1.29, 1.82) is 0 Å². The van der Waals surface area contributed by atoms with Gasteiger partial charge in [0.05, 0.1) is 0 Å². The van der Waals surface area contributed by atoms with Gasteiger partial charge in [0.15, 0.2) is 0 Å². The average Bonchev–Trinajstić information content (AvgIpc) is 2.24. The fourth-order valence-corrected chi connectivity index (χ4v) is 2.17. The van der Waals surface area contributed by atoms with Crippen LogP contribution in [0.4, 0.5) is 5.69 Å². The summed E-state index contributed by atoms with van der Waals surface area (Å²) >= 11 is 0. The Morgan fingerprint density at radius 1 is 1.28 bits per heavy atom. The lowest BCUT2D eigenvalue weighted by molar-refractivity contribution is 0.465. The van der Waals surface area contributed by atoms with Crippen molar-refractivity contribution in [3.63, 3.8) is 0 Å². The van der Waals surface area contributed by atoms with Gasteiger partial charge in [-0.25, -0.2) is 0 Å². The van der Waals surface area contributed by atoms with Crippen LogP contribution >= 0.6 is 0 Å². The highest BCUT2D eigenvalue weighted by Gasteiger charge is 2.11. The molecule has 2 heteroatoms. The van der Waals surface area contributed by atoms with Gasteiger partial charge in [0.25, 0.3) is 0 Å². The van der Waals surface area contributed by atoms with Gasteiger partial charge in [0.1, 0.15) is 0 Å². The van der Waals surface area contributed by atoms with Crippen LogP contribution in [-0.4, -0.2) is 12.1 Å². The van der Waals surface area contributed by atoms with Crippen LogP contribution in [0.3, 0.4) is 0 Å². The molecule has 1 aromatic rings. The molecule has 0 atom stereocenters. The second kappa shape index (κ2) is 6.24. The van der Waals surface area contributed by atoms with Gasteiger partial charge in [0, 0.05) is 17.8 Å². The van der Waals surface area contributed by atoms with Crippen molar-refractivity contribution < 1.29 is 0 Å². The molecule has 0 saturated carbocycles. The highest BCUT2D eigenvalue weighted by atomic mass is 14.9. The number of hydrogen-bond acceptors (Lipinski definition) is 2. The summed E-state index contributed by atoms with van der Waals surface area (Å²) < 4.78 is 0. The van der Waals surface area contributed by atoms with E-state index in [0.29, 0.717) is 5.92 Å². The first-order chi connectivity index (χ1) is 8.31. The minimum absolute atomic E-state index is 0.0612. The van der Waals surface area contributed by atoms with E-state index in [1.807, 2.05) is 0 Å². The first-order valence-electron chi connectivity index (χ1n) is 6.93. The molecule has 0 fully saturated rings. The maximum Gasteiger partial charge on any atom is 0.0405 e. The Labute approximate surface area is 112 Å². The molecule has 0 aliphatic heterocycles. The molecule has 0 amide bonds. The Morgan fingerprint density at radius 2 is 1.94 bits per heavy atom. The van der Waals surface area contributed by atoms with Crippen molar-refractivity contribution in [2.24, 2.45) is 5.73 Å². The highest BCUT2D eigenvalue weighted by molar-refractivity contribution is 5.58. The van der Waals surface area contributed by atoms with Crippen LogP contribution in [-0.2, 0) is 0 Å². The van der Waals surface area contributed by atoms with Gasteiger partial charge in [-0.3, -0.25) is 0 Å². The quantitative estimate of drug-likeness (QED) is 0.745. The highest BCUT2D eigenvalue weighted by Crippen LogP contribution is 2.27. The lowest BCUT2D eigenvalue weighted by Gasteiger charge is -2.20. The average molecular weight is 248 g/mol. The van der Waals surface area contributed by atoms with Crippen LogP contribution in [0.15, 0.2) is 18.2 Å². The van der Waals surface area contributed by atoms with Crippen molar-refractivity contribution in [3.05, 3.63) is 29.3 Å². The summed E-state index contributed by atoms with van der Waals surface area (Å²) in [6, 6.07) is 6.52. The zero-order valence-corrected chi connectivity index (χ0v) is 12.5. The van der Waals surface area contributed by atoms with E-state index in [9.17, 15) is 0 Å². The molecule has 0 aromatic heterocycles. The number of rotatable bonds is 6. The third-order valence-corrected chi connectivity index (χ3v) is 3.23. The van der Waals surface area contributed by atoms with Crippen LogP contribution in [0.25, 0.3) is 0 Å². The topological polar surface area (TPSA) is 38.0 Å². The van der Waals surface area contributed by atoms with E-state index in [2.05, 4.69) is 58.1 Å². The van der Waals surface area contributed by atoms with Gasteiger partial charge in [-0.2, -0.15) is 0 Å². The van der Waals surface area contributed by atoms with Crippen molar-refractivity contribution >= 4 is 5.69 Å². The minimum Gasteiger partial charge on any atom is -0.385 e. The zero-order chi connectivity index (χ0) is 13.8. The SMILES string of the molecule is Cc1cccc(C(C)C)c1NCCCC(C)(C)N. The third kappa shape index (κ3) is 4.69. The summed E-state index contributed by atoms with van der Waals surface area (Å²) in [7, 11) is 0. The van der Waals surface area contributed by atoms with E-state index < -0.39 is 0 Å². The predicted octanol–water partition coefficient (Wildman–Crippen LogP) is 4.05. The molecule has 3 N–H and O–H groups in total.